The number of anilines is 2. The van der Waals surface area contributed by atoms with Gasteiger partial charge in [-0.3, -0.25) is 0 Å². The van der Waals surface area contributed by atoms with Crippen LogP contribution in [0.15, 0.2) is 53.4 Å². The molecule has 4 heterocycles. The zero-order valence-electron chi connectivity index (χ0n) is 13.0. The van der Waals surface area contributed by atoms with Gasteiger partial charge in [0.25, 0.3) is 0 Å². The van der Waals surface area contributed by atoms with Gasteiger partial charge in [0.2, 0.25) is 0 Å². The van der Waals surface area contributed by atoms with Gasteiger partial charge in [-0.05, 0) is 46.3 Å². The van der Waals surface area contributed by atoms with Gasteiger partial charge in [0.1, 0.15) is 5.82 Å². The summed E-state index contributed by atoms with van der Waals surface area (Å²) in [4.78, 5) is 8.99. The minimum Gasteiger partial charge on any atom is -0.353 e. The molecule has 7 nitrogen and oxygen atoms in total. The molecule has 0 aliphatic carbocycles. The molecule has 0 radical (unpaired) electrons. The maximum absolute atomic E-state index is 4.46. The van der Waals surface area contributed by atoms with Crippen molar-refractivity contribution in [3.05, 3.63) is 53.4 Å². The molecule has 3 aromatic rings. The summed E-state index contributed by atoms with van der Waals surface area (Å²) in [6.07, 6.45) is 5.42. The van der Waals surface area contributed by atoms with Crippen molar-refractivity contribution < 1.29 is 0 Å². The normalized spacial score (nSPS) is 14.9. The predicted octanol–water partition coefficient (Wildman–Crippen LogP) is 2.15. The summed E-state index contributed by atoms with van der Waals surface area (Å²) >= 11 is 3.42. The zero-order chi connectivity index (χ0) is 16.4. The highest BCUT2D eigenvalue weighted by Gasteiger charge is 2.19. The van der Waals surface area contributed by atoms with Crippen molar-refractivity contribution in [3.63, 3.8) is 0 Å². The smallest absolute Gasteiger partial charge is 0.175 e. The van der Waals surface area contributed by atoms with Gasteiger partial charge in [0.15, 0.2) is 11.6 Å². The molecule has 24 heavy (non-hydrogen) atoms. The molecule has 122 valence electrons. The van der Waals surface area contributed by atoms with Crippen LogP contribution in [0.4, 0.5) is 11.6 Å². The Morgan fingerprint density at radius 2 is 1.50 bits per heavy atom. The molecule has 0 bridgehead atoms. The number of halogens is 1. The van der Waals surface area contributed by atoms with Crippen LogP contribution >= 0.6 is 15.9 Å². The third-order valence-electron chi connectivity index (χ3n) is 4.01. The van der Waals surface area contributed by atoms with E-state index in [1.165, 1.54) is 0 Å². The van der Waals surface area contributed by atoms with Gasteiger partial charge >= 0.3 is 0 Å². The van der Waals surface area contributed by atoms with E-state index in [4.69, 9.17) is 0 Å². The topological polar surface area (TPSA) is 63.0 Å². The average molecular weight is 386 g/mol. The summed E-state index contributed by atoms with van der Waals surface area (Å²) in [6.45, 7) is 3.62. The number of rotatable bonds is 3. The summed E-state index contributed by atoms with van der Waals surface area (Å²) in [5.41, 5.74) is 0. The first-order chi connectivity index (χ1) is 11.8. The minimum absolute atomic E-state index is 0.724. The quantitative estimate of drug-likeness (QED) is 0.688. The molecule has 0 amide bonds. The number of pyridine rings is 1. The second kappa shape index (κ2) is 6.56. The number of piperazine rings is 1. The van der Waals surface area contributed by atoms with Crippen molar-refractivity contribution in [2.75, 3.05) is 36.0 Å². The Kier molecular flexibility index (Phi) is 4.12. The monoisotopic (exact) mass is 385 g/mol. The molecule has 0 spiro atoms. The molecule has 0 atom stereocenters. The summed E-state index contributed by atoms with van der Waals surface area (Å²) in [5.74, 6) is 2.63. The van der Waals surface area contributed by atoms with Crippen molar-refractivity contribution >= 4 is 27.6 Å². The van der Waals surface area contributed by atoms with E-state index in [1.54, 1.807) is 10.9 Å². The van der Waals surface area contributed by atoms with E-state index < -0.39 is 0 Å². The Morgan fingerprint density at radius 1 is 0.833 bits per heavy atom. The molecule has 1 fully saturated rings. The van der Waals surface area contributed by atoms with Crippen LogP contribution in [0.5, 0.6) is 0 Å². The zero-order valence-corrected chi connectivity index (χ0v) is 14.5. The molecule has 0 N–H and O–H groups in total. The first kappa shape index (κ1) is 15.1. The Hall–Kier alpha value is -2.48. The fraction of sp³-hybridized carbons (Fsp3) is 0.250. The van der Waals surface area contributed by atoms with Gasteiger partial charge < -0.3 is 9.80 Å². The standard InChI is InChI=1S/C16H16BrN7/c17-13-2-3-14(18-12-13)22-8-10-23(11-9-22)15-4-5-16(21-20-15)24-7-1-6-19-24/h1-7,12H,8-11H2. The highest BCUT2D eigenvalue weighted by molar-refractivity contribution is 9.10. The summed E-state index contributed by atoms with van der Waals surface area (Å²) < 4.78 is 2.70. The third kappa shape index (κ3) is 3.09. The number of hydrogen-bond donors (Lipinski definition) is 0. The van der Waals surface area contributed by atoms with Crippen molar-refractivity contribution in [2.45, 2.75) is 0 Å². The van der Waals surface area contributed by atoms with Crippen LogP contribution < -0.4 is 9.80 Å². The van der Waals surface area contributed by atoms with Gasteiger partial charge in [-0.25, -0.2) is 9.67 Å². The van der Waals surface area contributed by atoms with Gasteiger partial charge in [-0.1, -0.05) is 0 Å². The summed E-state index contributed by atoms with van der Waals surface area (Å²) in [6, 6.07) is 9.87. The van der Waals surface area contributed by atoms with Gasteiger partial charge in [-0.15, -0.1) is 10.2 Å². The van der Waals surface area contributed by atoms with Crippen LogP contribution in [0, 0.1) is 0 Å². The lowest BCUT2D eigenvalue weighted by atomic mass is 10.3. The third-order valence-corrected chi connectivity index (χ3v) is 4.48. The molecule has 8 heteroatoms. The lowest BCUT2D eigenvalue weighted by molar-refractivity contribution is 0.637. The van der Waals surface area contributed by atoms with E-state index in [0.29, 0.717) is 0 Å². The minimum atomic E-state index is 0.724. The van der Waals surface area contributed by atoms with Crippen LogP contribution in [0.2, 0.25) is 0 Å². The number of nitrogens with zero attached hydrogens (tertiary/aromatic N) is 7. The van der Waals surface area contributed by atoms with E-state index in [2.05, 4.69) is 46.0 Å². The van der Waals surface area contributed by atoms with Crippen molar-refractivity contribution in [1.82, 2.24) is 25.0 Å². The summed E-state index contributed by atoms with van der Waals surface area (Å²) in [5, 5.41) is 12.8. The first-order valence-electron chi connectivity index (χ1n) is 7.75. The second-order valence-electron chi connectivity index (χ2n) is 5.51. The van der Waals surface area contributed by atoms with Crippen LogP contribution in [0.3, 0.4) is 0 Å². The van der Waals surface area contributed by atoms with E-state index >= 15 is 0 Å². The van der Waals surface area contributed by atoms with Crippen molar-refractivity contribution in [1.29, 1.82) is 0 Å². The molecular weight excluding hydrogens is 370 g/mol. The van der Waals surface area contributed by atoms with E-state index in [0.717, 1.165) is 48.1 Å². The molecule has 0 aromatic carbocycles. The van der Waals surface area contributed by atoms with E-state index in [-0.39, 0.29) is 0 Å². The first-order valence-corrected chi connectivity index (χ1v) is 8.54. The SMILES string of the molecule is Brc1ccc(N2CCN(c3ccc(-n4cccn4)nn3)CC2)nc1. The Morgan fingerprint density at radius 3 is 2.08 bits per heavy atom. The largest absolute Gasteiger partial charge is 0.353 e. The van der Waals surface area contributed by atoms with E-state index in [9.17, 15) is 0 Å². The molecular formula is C16H16BrN7. The average Bonchev–Trinajstić information content (AvgIpc) is 3.17. The van der Waals surface area contributed by atoms with Crippen LogP contribution in [-0.4, -0.2) is 51.1 Å². The highest BCUT2D eigenvalue weighted by atomic mass is 79.9. The van der Waals surface area contributed by atoms with Gasteiger partial charge in [0.05, 0.1) is 0 Å². The molecule has 1 saturated heterocycles. The lowest BCUT2D eigenvalue weighted by Crippen LogP contribution is -2.47. The second-order valence-corrected chi connectivity index (χ2v) is 6.42. The fourth-order valence-electron chi connectivity index (χ4n) is 2.73. The summed E-state index contributed by atoms with van der Waals surface area (Å²) in [7, 11) is 0. The molecule has 4 rings (SSSR count). The van der Waals surface area contributed by atoms with Crippen LogP contribution in [0.25, 0.3) is 5.82 Å². The molecule has 0 saturated carbocycles. The van der Waals surface area contributed by atoms with E-state index in [1.807, 2.05) is 42.7 Å². The Bertz CT molecular complexity index is 778. The predicted molar refractivity (Wildman–Crippen MR) is 95.5 cm³/mol. The Balaban J connectivity index is 1.41. The highest BCUT2D eigenvalue weighted by Crippen LogP contribution is 2.19. The molecule has 0 unspecified atom stereocenters. The Labute approximate surface area is 148 Å². The number of aromatic nitrogens is 5. The van der Waals surface area contributed by atoms with Gasteiger partial charge in [0, 0.05) is 49.2 Å². The number of hydrogen-bond acceptors (Lipinski definition) is 6. The molecule has 1 aliphatic heterocycles. The lowest BCUT2D eigenvalue weighted by Gasteiger charge is -2.35. The molecule has 1 aliphatic rings. The van der Waals surface area contributed by atoms with Gasteiger partial charge in [-0.2, -0.15) is 5.10 Å². The van der Waals surface area contributed by atoms with Crippen molar-refractivity contribution in [2.24, 2.45) is 0 Å². The molecule has 3 aromatic heterocycles. The van der Waals surface area contributed by atoms with Crippen LogP contribution in [-0.2, 0) is 0 Å². The maximum atomic E-state index is 4.46. The maximum Gasteiger partial charge on any atom is 0.175 e. The van der Waals surface area contributed by atoms with Crippen LogP contribution in [0.1, 0.15) is 0 Å². The fourth-order valence-corrected chi connectivity index (χ4v) is 2.97. The van der Waals surface area contributed by atoms with Crippen molar-refractivity contribution in [3.8, 4) is 5.82 Å².